The van der Waals surface area contributed by atoms with Crippen LogP contribution >= 0.6 is 39.1 Å². The highest BCUT2D eigenvalue weighted by Gasteiger charge is 2.02. The Kier molecular flexibility index (Phi) is 5.91. The molecule has 1 nitrogen and oxygen atoms in total. The zero-order chi connectivity index (χ0) is 14.5. The van der Waals surface area contributed by atoms with Gasteiger partial charge >= 0.3 is 0 Å². The first-order valence-electron chi connectivity index (χ1n) is 6.46. The van der Waals surface area contributed by atoms with E-state index in [1.54, 1.807) is 6.07 Å². The highest BCUT2D eigenvalue weighted by molar-refractivity contribution is 9.10. The number of halogens is 3. The van der Waals surface area contributed by atoms with Gasteiger partial charge in [0.05, 0.1) is 0 Å². The van der Waals surface area contributed by atoms with Crippen LogP contribution in [-0.2, 0) is 13.0 Å². The van der Waals surface area contributed by atoms with Gasteiger partial charge in [0, 0.05) is 21.1 Å². The van der Waals surface area contributed by atoms with Gasteiger partial charge in [-0.25, -0.2) is 0 Å². The van der Waals surface area contributed by atoms with Crippen molar-refractivity contribution in [1.82, 2.24) is 5.32 Å². The van der Waals surface area contributed by atoms with Crippen molar-refractivity contribution in [2.75, 3.05) is 6.54 Å². The summed E-state index contributed by atoms with van der Waals surface area (Å²) < 4.78 is 1.15. The lowest BCUT2D eigenvalue weighted by Crippen LogP contribution is -2.17. The van der Waals surface area contributed by atoms with Gasteiger partial charge in [0.2, 0.25) is 0 Å². The SMILES string of the molecule is Cc1ccc(CNCCc2ccc(Cl)cc2Cl)c(Br)c1. The number of nitrogens with one attached hydrogen (secondary N) is 1. The Hall–Kier alpha value is -0.540. The molecule has 106 valence electrons. The zero-order valence-electron chi connectivity index (χ0n) is 11.2. The number of rotatable bonds is 5. The first kappa shape index (κ1) is 15.8. The Morgan fingerprint density at radius 1 is 1.05 bits per heavy atom. The van der Waals surface area contributed by atoms with Crippen LogP contribution in [-0.4, -0.2) is 6.54 Å². The van der Waals surface area contributed by atoms with E-state index in [0.29, 0.717) is 5.02 Å². The molecule has 2 rings (SSSR count). The molecule has 0 atom stereocenters. The average molecular weight is 373 g/mol. The minimum absolute atomic E-state index is 0.676. The molecule has 20 heavy (non-hydrogen) atoms. The highest BCUT2D eigenvalue weighted by atomic mass is 79.9. The molecule has 0 saturated heterocycles. The summed E-state index contributed by atoms with van der Waals surface area (Å²) in [6.45, 7) is 3.80. The summed E-state index contributed by atoms with van der Waals surface area (Å²) in [5.74, 6) is 0. The van der Waals surface area contributed by atoms with E-state index in [0.717, 1.165) is 34.6 Å². The first-order chi connectivity index (χ1) is 9.56. The third-order valence-corrected chi connectivity index (χ3v) is 4.44. The lowest BCUT2D eigenvalue weighted by molar-refractivity contribution is 0.685. The predicted octanol–water partition coefficient (Wildman–Crippen LogP) is 5.40. The summed E-state index contributed by atoms with van der Waals surface area (Å²) in [4.78, 5) is 0. The molecule has 0 bridgehead atoms. The molecule has 0 amide bonds. The largest absolute Gasteiger partial charge is 0.312 e. The topological polar surface area (TPSA) is 12.0 Å². The maximum Gasteiger partial charge on any atom is 0.0453 e. The molecule has 2 aromatic carbocycles. The standard InChI is InChI=1S/C16H16BrCl2N/c1-11-2-3-13(15(17)8-11)10-20-7-6-12-4-5-14(18)9-16(12)19/h2-5,8-9,20H,6-7,10H2,1H3. The second kappa shape index (κ2) is 7.46. The van der Waals surface area contributed by atoms with Crippen molar-refractivity contribution in [3.8, 4) is 0 Å². The molecule has 0 radical (unpaired) electrons. The number of aryl methyl sites for hydroxylation is 1. The molecule has 0 unspecified atom stereocenters. The van der Waals surface area contributed by atoms with E-state index in [9.17, 15) is 0 Å². The fourth-order valence-corrected chi connectivity index (χ4v) is 3.10. The third kappa shape index (κ3) is 4.49. The zero-order valence-corrected chi connectivity index (χ0v) is 14.3. The summed E-state index contributed by atoms with van der Waals surface area (Å²) in [6.07, 6.45) is 0.888. The predicted molar refractivity (Wildman–Crippen MR) is 90.8 cm³/mol. The molecule has 0 saturated carbocycles. The fourth-order valence-electron chi connectivity index (χ4n) is 1.97. The van der Waals surface area contributed by atoms with E-state index in [1.165, 1.54) is 11.1 Å². The Labute approximate surface area is 138 Å². The molecular weight excluding hydrogens is 357 g/mol. The fraction of sp³-hybridized carbons (Fsp3) is 0.250. The molecule has 2 aromatic rings. The van der Waals surface area contributed by atoms with E-state index in [-0.39, 0.29) is 0 Å². The maximum absolute atomic E-state index is 6.15. The molecule has 0 aliphatic rings. The van der Waals surface area contributed by atoms with Gasteiger partial charge in [0.15, 0.2) is 0 Å². The second-order valence-electron chi connectivity index (χ2n) is 4.76. The maximum atomic E-state index is 6.15. The van der Waals surface area contributed by atoms with Gasteiger partial charge in [0.1, 0.15) is 0 Å². The van der Waals surface area contributed by atoms with E-state index in [4.69, 9.17) is 23.2 Å². The van der Waals surface area contributed by atoms with E-state index in [2.05, 4.69) is 46.4 Å². The quantitative estimate of drug-likeness (QED) is 0.693. The van der Waals surface area contributed by atoms with Crippen LogP contribution in [0.25, 0.3) is 0 Å². The molecule has 0 aliphatic heterocycles. The van der Waals surface area contributed by atoms with Crippen molar-refractivity contribution in [3.05, 3.63) is 67.6 Å². The van der Waals surface area contributed by atoms with Crippen LogP contribution in [0.5, 0.6) is 0 Å². The van der Waals surface area contributed by atoms with Gasteiger partial charge in [-0.05, 0) is 54.8 Å². The van der Waals surface area contributed by atoms with Crippen LogP contribution in [0.4, 0.5) is 0 Å². The van der Waals surface area contributed by atoms with Gasteiger partial charge in [-0.2, -0.15) is 0 Å². The van der Waals surface area contributed by atoms with E-state index in [1.807, 2.05) is 12.1 Å². The lowest BCUT2D eigenvalue weighted by atomic mass is 10.1. The van der Waals surface area contributed by atoms with Gasteiger partial charge in [-0.3, -0.25) is 0 Å². The molecule has 0 heterocycles. The molecule has 0 aliphatic carbocycles. The highest BCUT2D eigenvalue weighted by Crippen LogP contribution is 2.21. The van der Waals surface area contributed by atoms with Crippen molar-refractivity contribution in [2.24, 2.45) is 0 Å². The first-order valence-corrected chi connectivity index (χ1v) is 8.01. The van der Waals surface area contributed by atoms with Crippen LogP contribution in [0.2, 0.25) is 10.0 Å². The Morgan fingerprint density at radius 3 is 2.50 bits per heavy atom. The Morgan fingerprint density at radius 2 is 1.80 bits per heavy atom. The number of benzene rings is 2. The molecule has 1 N–H and O–H groups in total. The summed E-state index contributed by atoms with van der Waals surface area (Å²) in [5.41, 5.74) is 3.64. The minimum Gasteiger partial charge on any atom is -0.312 e. The van der Waals surface area contributed by atoms with E-state index < -0.39 is 0 Å². The van der Waals surface area contributed by atoms with Gasteiger partial charge in [-0.1, -0.05) is 57.3 Å². The van der Waals surface area contributed by atoms with Crippen LogP contribution in [0.15, 0.2) is 40.9 Å². The molecule has 4 heteroatoms. The van der Waals surface area contributed by atoms with Crippen LogP contribution in [0.3, 0.4) is 0 Å². The summed E-state index contributed by atoms with van der Waals surface area (Å²) >= 11 is 15.6. The van der Waals surface area contributed by atoms with Crippen molar-refractivity contribution in [2.45, 2.75) is 19.9 Å². The summed E-state index contributed by atoms with van der Waals surface area (Å²) in [5, 5.41) is 4.84. The Bertz CT molecular complexity index is 546. The van der Waals surface area contributed by atoms with Crippen molar-refractivity contribution in [1.29, 1.82) is 0 Å². The number of hydrogen-bond donors (Lipinski definition) is 1. The third-order valence-electron chi connectivity index (χ3n) is 3.11. The molecule has 0 aromatic heterocycles. The lowest BCUT2D eigenvalue weighted by Gasteiger charge is -2.09. The normalized spacial score (nSPS) is 10.8. The van der Waals surface area contributed by atoms with Crippen LogP contribution in [0, 0.1) is 6.92 Å². The van der Waals surface area contributed by atoms with Crippen LogP contribution in [0.1, 0.15) is 16.7 Å². The monoisotopic (exact) mass is 371 g/mol. The molecule has 0 fully saturated rings. The van der Waals surface area contributed by atoms with Gasteiger partial charge < -0.3 is 5.32 Å². The molecular formula is C16H16BrCl2N. The molecule has 0 spiro atoms. The van der Waals surface area contributed by atoms with Gasteiger partial charge in [0.25, 0.3) is 0 Å². The minimum atomic E-state index is 0.676. The van der Waals surface area contributed by atoms with Crippen molar-refractivity contribution in [3.63, 3.8) is 0 Å². The smallest absolute Gasteiger partial charge is 0.0453 e. The van der Waals surface area contributed by atoms with Gasteiger partial charge in [-0.15, -0.1) is 0 Å². The second-order valence-corrected chi connectivity index (χ2v) is 6.46. The number of hydrogen-bond acceptors (Lipinski definition) is 1. The average Bonchev–Trinajstić information content (AvgIpc) is 2.39. The van der Waals surface area contributed by atoms with Crippen LogP contribution < -0.4 is 5.32 Å². The van der Waals surface area contributed by atoms with Crippen molar-refractivity contribution >= 4 is 39.1 Å². The van der Waals surface area contributed by atoms with Crippen molar-refractivity contribution < 1.29 is 0 Å². The summed E-state index contributed by atoms with van der Waals surface area (Å²) in [6, 6.07) is 12.0. The Balaban J connectivity index is 1.84. The summed E-state index contributed by atoms with van der Waals surface area (Å²) in [7, 11) is 0. The van der Waals surface area contributed by atoms with E-state index >= 15 is 0 Å².